The van der Waals surface area contributed by atoms with E-state index in [1.54, 1.807) is 0 Å². The van der Waals surface area contributed by atoms with Crippen LogP contribution in [-0.4, -0.2) is 18.4 Å². The van der Waals surface area contributed by atoms with Gasteiger partial charge in [-0.2, -0.15) is 0 Å². The average molecular weight is 326 g/mol. The minimum atomic E-state index is -3.74. The summed E-state index contributed by atoms with van der Waals surface area (Å²) in [5, 5.41) is 0.00714. The molecular formula is C14H16ClN3O2S. The van der Waals surface area contributed by atoms with Crippen LogP contribution in [0.1, 0.15) is 30.9 Å². The molecule has 0 radical (unpaired) electrons. The van der Waals surface area contributed by atoms with Crippen molar-refractivity contribution in [2.75, 3.05) is 4.72 Å². The molecule has 7 heteroatoms. The van der Waals surface area contributed by atoms with E-state index < -0.39 is 10.0 Å². The van der Waals surface area contributed by atoms with Crippen LogP contribution in [0.4, 0.5) is 5.69 Å². The van der Waals surface area contributed by atoms with Crippen molar-refractivity contribution in [1.29, 1.82) is 0 Å². The van der Waals surface area contributed by atoms with Crippen molar-refractivity contribution in [3.05, 3.63) is 47.0 Å². The van der Waals surface area contributed by atoms with Crippen LogP contribution in [0.5, 0.6) is 0 Å². The first-order chi connectivity index (χ1) is 9.81. The van der Waals surface area contributed by atoms with Gasteiger partial charge in [0.25, 0.3) is 10.0 Å². The molecule has 5 nitrogen and oxygen atoms in total. The zero-order valence-corrected chi connectivity index (χ0v) is 13.5. The van der Waals surface area contributed by atoms with Gasteiger partial charge in [0.05, 0.1) is 18.1 Å². The standard InChI is InChI=1S/C14H16ClN3O2S/c1-9(2)12-6-4-5-10(3)13(12)18-21(19,20)11-7-16-14(15)17-8-11/h4-9,18H,1-3H3. The number of aryl methyl sites for hydroxylation is 1. The highest BCUT2D eigenvalue weighted by Gasteiger charge is 2.19. The molecule has 2 aromatic rings. The molecule has 2 rings (SSSR count). The summed E-state index contributed by atoms with van der Waals surface area (Å²) in [6, 6.07) is 5.68. The van der Waals surface area contributed by atoms with Gasteiger partial charge in [0.1, 0.15) is 4.90 Å². The van der Waals surface area contributed by atoms with Crippen LogP contribution in [0, 0.1) is 6.92 Å². The topological polar surface area (TPSA) is 72.0 Å². The summed E-state index contributed by atoms with van der Waals surface area (Å²) in [6.45, 7) is 5.89. The normalized spacial score (nSPS) is 11.7. The number of anilines is 1. The molecule has 1 N–H and O–H groups in total. The van der Waals surface area contributed by atoms with Gasteiger partial charge in [-0.1, -0.05) is 32.0 Å². The van der Waals surface area contributed by atoms with E-state index in [-0.39, 0.29) is 16.1 Å². The van der Waals surface area contributed by atoms with Gasteiger partial charge in [-0.25, -0.2) is 18.4 Å². The Bertz CT molecular complexity index is 743. The van der Waals surface area contributed by atoms with Gasteiger partial charge in [-0.05, 0) is 35.6 Å². The third-order valence-electron chi connectivity index (χ3n) is 3.07. The lowest BCUT2D eigenvalue weighted by Gasteiger charge is -2.17. The lowest BCUT2D eigenvalue weighted by molar-refractivity contribution is 0.600. The van der Waals surface area contributed by atoms with E-state index in [0.717, 1.165) is 11.1 Å². The van der Waals surface area contributed by atoms with Crippen molar-refractivity contribution >= 4 is 27.3 Å². The molecule has 0 spiro atoms. The number of hydrogen-bond acceptors (Lipinski definition) is 4. The number of rotatable bonds is 4. The van der Waals surface area contributed by atoms with Gasteiger partial charge in [0.2, 0.25) is 5.28 Å². The SMILES string of the molecule is Cc1cccc(C(C)C)c1NS(=O)(=O)c1cnc(Cl)nc1. The van der Waals surface area contributed by atoms with Crippen LogP contribution in [-0.2, 0) is 10.0 Å². The molecule has 0 atom stereocenters. The van der Waals surface area contributed by atoms with Crippen molar-refractivity contribution < 1.29 is 8.42 Å². The fourth-order valence-electron chi connectivity index (χ4n) is 1.94. The molecular weight excluding hydrogens is 310 g/mol. The number of nitrogens with zero attached hydrogens (tertiary/aromatic N) is 2. The van der Waals surface area contributed by atoms with E-state index in [2.05, 4.69) is 14.7 Å². The monoisotopic (exact) mass is 325 g/mol. The van der Waals surface area contributed by atoms with Crippen molar-refractivity contribution in [2.24, 2.45) is 0 Å². The number of nitrogens with one attached hydrogen (secondary N) is 1. The smallest absolute Gasteiger partial charge is 0.264 e. The molecule has 0 bridgehead atoms. The van der Waals surface area contributed by atoms with Gasteiger partial charge in [0.15, 0.2) is 0 Å². The van der Waals surface area contributed by atoms with Gasteiger partial charge < -0.3 is 0 Å². The van der Waals surface area contributed by atoms with Crippen molar-refractivity contribution in [1.82, 2.24) is 9.97 Å². The zero-order chi connectivity index (χ0) is 15.6. The summed E-state index contributed by atoms with van der Waals surface area (Å²) in [5.41, 5.74) is 2.40. The van der Waals surface area contributed by atoms with E-state index >= 15 is 0 Å². The second-order valence-corrected chi connectivity index (χ2v) is 7.01. The third-order valence-corrected chi connectivity index (χ3v) is 4.57. The second-order valence-electron chi connectivity index (χ2n) is 4.99. The molecule has 1 heterocycles. The molecule has 112 valence electrons. The highest BCUT2D eigenvalue weighted by Crippen LogP contribution is 2.29. The Kier molecular flexibility index (Phi) is 4.49. The quantitative estimate of drug-likeness (QED) is 0.875. The Labute approximate surface area is 129 Å². The van der Waals surface area contributed by atoms with Crippen LogP contribution >= 0.6 is 11.6 Å². The first-order valence-electron chi connectivity index (χ1n) is 6.41. The molecule has 21 heavy (non-hydrogen) atoms. The Morgan fingerprint density at radius 1 is 1.19 bits per heavy atom. The number of hydrogen-bond donors (Lipinski definition) is 1. The summed E-state index contributed by atoms with van der Waals surface area (Å²) in [6.07, 6.45) is 2.37. The molecule has 0 amide bonds. The first-order valence-corrected chi connectivity index (χ1v) is 8.27. The zero-order valence-electron chi connectivity index (χ0n) is 12.0. The Balaban J connectivity index is 2.44. The molecule has 0 saturated heterocycles. The lowest BCUT2D eigenvalue weighted by Crippen LogP contribution is -2.16. The molecule has 1 aromatic heterocycles. The number of aromatic nitrogens is 2. The second kappa shape index (κ2) is 5.99. The van der Waals surface area contributed by atoms with Crippen molar-refractivity contribution in [3.63, 3.8) is 0 Å². The third kappa shape index (κ3) is 3.51. The molecule has 0 aliphatic carbocycles. The lowest BCUT2D eigenvalue weighted by atomic mass is 9.99. The Hall–Kier alpha value is -1.66. The summed E-state index contributed by atoms with van der Waals surface area (Å²) >= 11 is 5.58. The number of benzene rings is 1. The maximum atomic E-state index is 12.4. The van der Waals surface area contributed by atoms with Gasteiger partial charge in [-0.15, -0.1) is 0 Å². The molecule has 0 unspecified atom stereocenters. The molecule has 0 saturated carbocycles. The van der Waals surface area contributed by atoms with E-state index in [1.165, 1.54) is 12.4 Å². The van der Waals surface area contributed by atoms with Crippen LogP contribution in [0.3, 0.4) is 0 Å². The van der Waals surface area contributed by atoms with Crippen LogP contribution in [0.2, 0.25) is 5.28 Å². The Morgan fingerprint density at radius 2 is 1.81 bits per heavy atom. The molecule has 1 aromatic carbocycles. The van der Waals surface area contributed by atoms with E-state index in [1.807, 2.05) is 39.0 Å². The van der Waals surface area contributed by atoms with Crippen LogP contribution < -0.4 is 4.72 Å². The van der Waals surface area contributed by atoms with Crippen LogP contribution in [0.25, 0.3) is 0 Å². The summed E-state index contributed by atoms with van der Waals surface area (Å²) in [7, 11) is -3.74. The summed E-state index contributed by atoms with van der Waals surface area (Å²) < 4.78 is 27.4. The summed E-state index contributed by atoms with van der Waals surface area (Å²) in [5.74, 6) is 0.198. The Morgan fingerprint density at radius 3 is 2.38 bits per heavy atom. The predicted octanol–water partition coefficient (Wildman–Crippen LogP) is 3.36. The fraction of sp³-hybridized carbons (Fsp3) is 0.286. The van der Waals surface area contributed by atoms with E-state index in [4.69, 9.17) is 11.6 Å². The first kappa shape index (κ1) is 15.7. The average Bonchev–Trinajstić information content (AvgIpc) is 2.41. The van der Waals surface area contributed by atoms with Crippen LogP contribution in [0.15, 0.2) is 35.5 Å². The summed E-state index contributed by atoms with van der Waals surface area (Å²) in [4.78, 5) is 7.38. The highest BCUT2D eigenvalue weighted by atomic mass is 35.5. The van der Waals surface area contributed by atoms with E-state index in [9.17, 15) is 8.42 Å². The van der Waals surface area contributed by atoms with Gasteiger partial charge >= 0.3 is 0 Å². The number of sulfonamides is 1. The maximum Gasteiger partial charge on any atom is 0.264 e. The minimum absolute atomic E-state index is 0.00714. The van der Waals surface area contributed by atoms with E-state index in [0.29, 0.717) is 5.69 Å². The predicted molar refractivity (Wildman–Crippen MR) is 83.1 cm³/mol. The molecule has 0 fully saturated rings. The highest BCUT2D eigenvalue weighted by molar-refractivity contribution is 7.92. The van der Waals surface area contributed by atoms with Gasteiger partial charge in [0, 0.05) is 0 Å². The van der Waals surface area contributed by atoms with Crippen molar-refractivity contribution in [3.8, 4) is 0 Å². The molecule has 0 aliphatic rings. The van der Waals surface area contributed by atoms with Gasteiger partial charge in [-0.3, -0.25) is 4.72 Å². The molecule has 0 aliphatic heterocycles. The fourth-order valence-corrected chi connectivity index (χ4v) is 3.09. The number of halogens is 1. The maximum absolute atomic E-state index is 12.4. The number of para-hydroxylation sites is 1. The van der Waals surface area contributed by atoms with Crippen molar-refractivity contribution in [2.45, 2.75) is 31.6 Å². The minimum Gasteiger partial charge on any atom is -0.279 e. The largest absolute Gasteiger partial charge is 0.279 e.